The van der Waals surface area contributed by atoms with Gasteiger partial charge >= 0.3 is 11.9 Å². The van der Waals surface area contributed by atoms with Crippen LogP contribution in [0.2, 0.25) is 0 Å². The summed E-state index contributed by atoms with van der Waals surface area (Å²) < 4.78 is 0. The molecule has 1 aromatic rings. The van der Waals surface area contributed by atoms with E-state index in [0.29, 0.717) is 18.7 Å². The van der Waals surface area contributed by atoms with Crippen molar-refractivity contribution in [3.8, 4) is 0 Å². The molecule has 0 bridgehead atoms. The Bertz CT molecular complexity index is 398. The van der Waals surface area contributed by atoms with Gasteiger partial charge in [0.25, 0.3) is 0 Å². The summed E-state index contributed by atoms with van der Waals surface area (Å²) in [6.07, 6.45) is 1.12. The zero-order chi connectivity index (χ0) is 14.7. The second-order valence-electron chi connectivity index (χ2n) is 3.50. The number of carbonyl (C=O) groups is 2. The first kappa shape index (κ1) is 16.8. The first-order chi connectivity index (χ1) is 9.01. The molecule has 0 saturated carbocycles. The van der Waals surface area contributed by atoms with E-state index in [1.807, 2.05) is 25.2 Å². The lowest BCUT2D eigenvalue weighted by Crippen LogP contribution is -2.24. The van der Waals surface area contributed by atoms with Gasteiger partial charge in [0.05, 0.1) is 0 Å². The molecule has 5 N–H and O–H groups in total. The molecule has 0 aliphatic rings. The quantitative estimate of drug-likeness (QED) is 0.581. The van der Waals surface area contributed by atoms with E-state index in [9.17, 15) is 9.59 Å². The van der Waals surface area contributed by atoms with Crippen LogP contribution in [0.1, 0.15) is 11.6 Å². The van der Waals surface area contributed by atoms with Gasteiger partial charge in [-0.2, -0.15) is 0 Å². The summed E-state index contributed by atoms with van der Waals surface area (Å²) in [6.45, 7) is 0.639. The number of nitrogens with one attached hydrogen (secondary N) is 1. The Kier molecular flexibility index (Phi) is 8.68. The van der Waals surface area contributed by atoms with Crippen LogP contribution in [0, 0.1) is 0 Å². The van der Waals surface area contributed by atoms with Crippen LogP contribution in [-0.4, -0.2) is 35.7 Å². The lowest BCUT2D eigenvalue weighted by Gasteiger charge is -2.13. The second-order valence-corrected chi connectivity index (χ2v) is 3.50. The summed E-state index contributed by atoms with van der Waals surface area (Å²) in [6, 6.07) is 10.5. The largest absolute Gasteiger partial charge is 0.478 e. The van der Waals surface area contributed by atoms with Crippen LogP contribution in [0.25, 0.3) is 0 Å². The second kappa shape index (κ2) is 9.81. The van der Waals surface area contributed by atoms with Gasteiger partial charge in [-0.25, -0.2) is 9.59 Å². The van der Waals surface area contributed by atoms with E-state index >= 15 is 0 Å². The van der Waals surface area contributed by atoms with Crippen molar-refractivity contribution in [1.29, 1.82) is 0 Å². The molecular weight excluding hydrogens is 248 g/mol. The molecule has 0 fully saturated rings. The highest BCUT2D eigenvalue weighted by atomic mass is 16.4. The molecule has 0 aliphatic carbocycles. The maximum Gasteiger partial charge on any atom is 0.328 e. The maximum atomic E-state index is 9.55. The predicted molar refractivity (Wildman–Crippen MR) is 71.7 cm³/mol. The van der Waals surface area contributed by atoms with Crippen molar-refractivity contribution >= 4 is 11.9 Å². The van der Waals surface area contributed by atoms with Crippen molar-refractivity contribution in [2.24, 2.45) is 5.73 Å². The fourth-order valence-electron chi connectivity index (χ4n) is 1.25. The van der Waals surface area contributed by atoms with Gasteiger partial charge in [-0.15, -0.1) is 0 Å². The Labute approximate surface area is 111 Å². The average molecular weight is 266 g/mol. The van der Waals surface area contributed by atoms with E-state index in [1.54, 1.807) is 0 Å². The molecule has 0 saturated heterocycles. The molecule has 104 valence electrons. The topological polar surface area (TPSA) is 113 Å². The average Bonchev–Trinajstić information content (AvgIpc) is 2.40. The molecule has 0 aromatic heterocycles. The number of hydrogen-bond donors (Lipinski definition) is 4. The smallest absolute Gasteiger partial charge is 0.328 e. The third-order valence-electron chi connectivity index (χ3n) is 2.15. The lowest BCUT2D eigenvalue weighted by molar-refractivity contribution is -0.134. The number of rotatable bonds is 5. The number of benzene rings is 1. The zero-order valence-electron chi connectivity index (χ0n) is 10.6. The van der Waals surface area contributed by atoms with Crippen LogP contribution >= 0.6 is 0 Å². The van der Waals surface area contributed by atoms with Gasteiger partial charge < -0.3 is 21.3 Å². The van der Waals surface area contributed by atoms with Crippen LogP contribution < -0.4 is 11.1 Å². The third kappa shape index (κ3) is 8.53. The summed E-state index contributed by atoms with van der Waals surface area (Å²) in [7, 11) is 1.92. The number of hydrogen-bond acceptors (Lipinski definition) is 4. The number of aliphatic carboxylic acids is 2. The first-order valence-corrected chi connectivity index (χ1v) is 5.57. The number of carboxylic acid groups (broad SMARTS) is 2. The fraction of sp³-hybridized carbons (Fsp3) is 0.231. The lowest BCUT2D eigenvalue weighted by atomic mass is 10.1. The Morgan fingerprint density at radius 1 is 1.21 bits per heavy atom. The van der Waals surface area contributed by atoms with Crippen molar-refractivity contribution in [3.05, 3.63) is 48.0 Å². The molecule has 1 atom stereocenters. The van der Waals surface area contributed by atoms with Crippen LogP contribution in [0.3, 0.4) is 0 Å². The zero-order valence-corrected chi connectivity index (χ0v) is 10.6. The van der Waals surface area contributed by atoms with E-state index in [2.05, 4.69) is 17.4 Å². The van der Waals surface area contributed by atoms with E-state index in [0.717, 1.165) is 0 Å². The monoisotopic (exact) mass is 266 g/mol. The normalized spacial score (nSPS) is 11.5. The minimum atomic E-state index is -1.26. The van der Waals surface area contributed by atoms with E-state index in [4.69, 9.17) is 15.9 Å². The Morgan fingerprint density at radius 2 is 1.68 bits per heavy atom. The summed E-state index contributed by atoms with van der Waals surface area (Å²) in [4.78, 5) is 19.1. The Hall–Kier alpha value is -2.18. The van der Waals surface area contributed by atoms with E-state index < -0.39 is 11.9 Å². The molecule has 0 radical (unpaired) electrons. The van der Waals surface area contributed by atoms with Crippen molar-refractivity contribution < 1.29 is 19.8 Å². The molecule has 1 unspecified atom stereocenters. The fourth-order valence-corrected chi connectivity index (χ4v) is 1.25. The van der Waals surface area contributed by atoms with Gasteiger partial charge in [-0.3, -0.25) is 0 Å². The van der Waals surface area contributed by atoms with Crippen molar-refractivity contribution in [2.75, 3.05) is 13.6 Å². The molecule has 0 amide bonds. The van der Waals surface area contributed by atoms with Gasteiger partial charge in [0, 0.05) is 24.7 Å². The molecular formula is C13H18N2O4. The Morgan fingerprint density at radius 3 is 2.00 bits per heavy atom. The van der Waals surface area contributed by atoms with Crippen molar-refractivity contribution in [1.82, 2.24) is 5.32 Å². The molecule has 6 heteroatoms. The Balaban J connectivity index is 0.000000362. The molecule has 0 spiro atoms. The summed E-state index contributed by atoms with van der Waals surface area (Å²) in [5.41, 5.74) is 6.80. The number of nitrogens with two attached hydrogens (primary N) is 1. The number of carboxylic acids is 2. The first-order valence-electron chi connectivity index (χ1n) is 5.57. The molecule has 1 rings (SSSR count). The van der Waals surface area contributed by atoms with Crippen molar-refractivity contribution in [3.63, 3.8) is 0 Å². The van der Waals surface area contributed by atoms with Crippen LogP contribution in [0.4, 0.5) is 0 Å². The van der Waals surface area contributed by atoms with Gasteiger partial charge in [-0.1, -0.05) is 30.3 Å². The van der Waals surface area contributed by atoms with Gasteiger partial charge in [-0.05, 0) is 12.6 Å². The minimum absolute atomic E-state index is 0.288. The van der Waals surface area contributed by atoms with Gasteiger partial charge in [0.2, 0.25) is 0 Å². The van der Waals surface area contributed by atoms with Crippen molar-refractivity contribution in [2.45, 2.75) is 6.04 Å². The summed E-state index contributed by atoms with van der Waals surface area (Å²) >= 11 is 0. The summed E-state index contributed by atoms with van der Waals surface area (Å²) in [5.74, 6) is -2.51. The van der Waals surface area contributed by atoms with Crippen LogP contribution in [0.5, 0.6) is 0 Å². The molecule has 0 heterocycles. The number of likely N-dealkylation sites (N-methyl/N-ethyl adjacent to an activating group) is 1. The molecule has 1 aromatic carbocycles. The highest BCUT2D eigenvalue weighted by molar-refractivity contribution is 5.89. The third-order valence-corrected chi connectivity index (χ3v) is 2.15. The molecule has 19 heavy (non-hydrogen) atoms. The predicted octanol–water partition coefficient (Wildman–Crippen LogP) is 0.618. The highest BCUT2D eigenvalue weighted by Gasteiger charge is 2.03. The maximum absolute atomic E-state index is 9.55. The standard InChI is InChI=1S/C9H14N2.C4H4O4/c1-11-9(7-10)8-5-3-2-4-6-8;5-3(6)1-2-4(7)8/h2-6,9,11H,7,10H2,1H3;1-2H,(H,5,6)(H,7,8)/b;2-1+. The van der Waals surface area contributed by atoms with Crippen LogP contribution in [0.15, 0.2) is 42.5 Å². The van der Waals surface area contributed by atoms with Crippen LogP contribution in [-0.2, 0) is 9.59 Å². The molecule has 0 aliphatic heterocycles. The van der Waals surface area contributed by atoms with Gasteiger partial charge in [0.15, 0.2) is 0 Å². The van der Waals surface area contributed by atoms with E-state index in [-0.39, 0.29) is 6.04 Å². The summed E-state index contributed by atoms with van der Waals surface area (Å²) in [5, 5.41) is 18.8. The van der Waals surface area contributed by atoms with E-state index in [1.165, 1.54) is 5.56 Å². The SMILES string of the molecule is CNC(CN)c1ccccc1.O=C(O)/C=C/C(=O)O. The molecule has 6 nitrogen and oxygen atoms in total. The minimum Gasteiger partial charge on any atom is -0.478 e. The van der Waals surface area contributed by atoms with Gasteiger partial charge in [0.1, 0.15) is 0 Å². The highest BCUT2D eigenvalue weighted by Crippen LogP contribution is 2.09.